The van der Waals surface area contributed by atoms with E-state index in [0.717, 1.165) is 31.3 Å². The molecule has 0 bridgehead atoms. The van der Waals surface area contributed by atoms with Gasteiger partial charge in [0, 0.05) is 33.8 Å². The Bertz CT molecular complexity index is 1010. The summed E-state index contributed by atoms with van der Waals surface area (Å²) in [7, 11) is 0. The lowest BCUT2D eigenvalue weighted by atomic mass is 9.91. The van der Waals surface area contributed by atoms with Crippen LogP contribution in [-0.2, 0) is 0 Å². The van der Waals surface area contributed by atoms with E-state index in [1.165, 1.54) is 0 Å². The summed E-state index contributed by atoms with van der Waals surface area (Å²) in [6.45, 7) is 4.26. The third kappa shape index (κ3) is 3.82. The monoisotopic (exact) mass is 383 g/mol. The fourth-order valence-corrected chi connectivity index (χ4v) is 3.85. The summed E-state index contributed by atoms with van der Waals surface area (Å²) in [5.41, 5.74) is 1.52. The minimum atomic E-state index is -0.216. The molecule has 3 heterocycles. The third-order valence-corrected chi connectivity index (χ3v) is 5.53. The number of piperidine rings is 1. The average Bonchev–Trinajstić information content (AvgIpc) is 2.69. The molecule has 6 nitrogen and oxygen atoms in total. The fraction of sp³-hybridized carbons (Fsp3) is 0.350. The van der Waals surface area contributed by atoms with Crippen LogP contribution in [0.3, 0.4) is 0 Å². The Hall–Kier alpha value is -2.44. The van der Waals surface area contributed by atoms with Gasteiger partial charge < -0.3 is 15.6 Å². The molecule has 0 aliphatic carbocycles. The number of fused-ring (bicyclic) bond motifs is 1. The van der Waals surface area contributed by atoms with Gasteiger partial charge >= 0.3 is 0 Å². The molecule has 140 valence electrons. The maximum absolute atomic E-state index is 12.6. The van der Waals surface area contributed by atoms with Gasteiger partial charge in [0.15, 0.2) is 0 Å². The number of H-pyrrole nitrogens is 1. The van der Waals surface area contributed by atoms with Crippen LogP contribution in [0.1, 0.15) is 19.8 Å². The second-order valence-electron chi connectivity index (χ2n) is 7.01. The molecule has 1 aliphatic rings. The van der Waals surface area contributed by atoms with E-state index in [1.807, 2.05) is 18.2 Å². The van der Waals surface area contributed by atoms with Crippen LogP contribution in [0, 0.1) is 5.92 Å². The zero-order valence-corrected chi connectivity index (χ0v) is 15.9. The van der Waals surface area contributed by atoms with E-state index < -0.39 is 0 Å². The van der Waals surface area contributed by atoms with Gasteiger partial charge in [-0.05, 0) is 50.9 Å². The van der Waals surface area contributed by atoms with Gasteiger partial charge in [0.2, 0.25) is 5.95 Å². The Labute approximate surface area is 162 Å². The number of hydrogen-bond acceptors (Lipinski definition) is 5. The number of aromatic nitrogens is 3. The molecule has 1 unspecified atom stereocenters. The Morgan fingerprint density at radius 1 is 1.22 bits per heavy atom. The molecule has 0 spiro atoms. The summed E-state index contributed by atoms with van der Waals surface area (Å²) in [5, 5.41) is 8.07. The van der Waals surface area contributed by atoms with E-state index in [-0.39, 0.29) is 11.6 Å². The van der Waals surface area contributed by atoms with E-state index in [4.69, 9.17) is 11.6 Å². The lowest BCUT2D eigenvalue weighted by molar-refractivity contribution is 0.342. The topological polar surface area (TPSA) is 82.7 Å². The maximum atomic E-state index is 12.6. The van der Waals surface area contributed by atoms with E-state index in [9.17, 15) is 4.79 Å². The molecule has 1 atom stereocenters. The SMILES string of the molecule is CC(Nc1ncc2cc(-c3ccccc3Cl)c(=O)[nH]c2n1)C1CCNCC1. The van der Waals surface area contributed by atoms with Crippen LogP contribution < -0.4 is 16.2 Å². The van der Waals surface area contributed by atoms with Gasteiger partial charge in [0.25, 0.3) is 5.56 Å². The van der Waals surface area contributed by atoms with Gasteiger partial charge in [0.1, 0.15) is 5.65 Å². The van der Waals surface area contributed by atoms with Crippen molar-refractivity contribution in [2.45, 2.75) is 25.8 Å². The van der Waals surface area contributed by atoms with Crippen molar-refractivity contribution in [1.29, 1.82) is 0 Å². The summed E-state index contributed by atoms with van der Waals surface area (Å²) in [5.74, 6) is 1.13. The summed E-state index contributed by atoms with van der Waals surface area (Å²) in [4.78, 5) is 24.4. The lowest BCUT2D eigenvalue weighted by Gasteiger charge is -2.28. The van der Waals surface area contributed by atoms with Gasteiger partial charge in [-0.1, -0.05) is 29.8 Å². The largest absolute Gasteiger partial charge is 0.351 e. The van der Waals surface area contributed by atoms with Crippen molar-refractivity contribution < 1.29 is 0 Å². The van der Waals surface area contributed by atoms with Gasteiger partial charge in [-0.25, -0.2) is 4.98 Å². The molecule has 7 heteroatoms. The van der Waals surface area contributed by atoms with Crippen molar-refractivity contribution in [3.05, 3.63) is 51.9 Å². The molecular formula is C20H22ClN5O. The van der Waals surface area contributed by atoms with Crippen LogP contribution in [-0.4, -0.2) is 34.1 Å². The zero-order chi connectivity index (χ0) is 18.8. The van der Waals surface area contributed by atoms with Crippen LogP contribution in [0.2, 0.25) is 5.02 Å². The number of nitrogens with zero attached hydrogens (tertiary/aromatic N) is 2. The number of hydrogen-bond donors (Lipinski definition) is 3. The fourth-order valence-electron chi connectivity index (χ4n) is 3.61. The first kappa shape index (κ1) is 17.9. The molecule has 0 amide bonds. The first-order valence-electron chi connectivity index (χ1n) is 9.24. The molecule has 2 aromatic heterocycles. The Morgan fingerprint density at radius 3 is 2.78 bits per heavy atom. The molecule has 0 radical (unpaired) electrons. The van der Waals surface area contributed by atoms with Crippen LogP contribution in [0.5, 0.6) is 0 Å². The first-order valence-corrected chi connectivity index (χ1v) is 9.62. The highest BCUT2D eigenvalue weighted by atomic mass is 35.5. The van der Waals surface area contributed by atoms with Crippen LogP contribution in [0.4, 0.5) is 5.95 Å². The summed E-state index contributed by atoms with van der Waals surface area (Å²) in [6, 6.07) is 9.36. The first-order chi connectivity index (χ1) is 13.1. The van der Waals surface area contributed by atoms with Crippen molar-refractivity contribution >= 4 is 28.6 Å². The van der Waals surface area contributed by atoms with Crippen LogP contribution in [0.15, 0.2) is 41.3 Å². The summed E-state index contributed by atoms with van der Waals surface area (Å²) >= 11 is 6.24. The second kappa shape index (κ2) is 7.66. The zero-order valence-electron chi connectivity index (χ0n) is 15.1. The molecule has 4 rings (SSSR count). The molecule has 1 aromatic carbocycles. The minimum Gasteiger partial charge on any atom is -0.351 e. The van der Waals surface area contributed by atoms with Crippen molar-refractivity contribution in [2.24, 2.45) is 5.92 Å². The standard InChI is InChI=1S/C20H22ClN5O/c1-12(13-6-8-22-9-7-13)24-20-23-11-14-10-16(19(27)25-18(14)26-20)15-4-2-3-5-17(15)21/h2-5,10-13,22H,6-9H2,1H3,(H2,23,24,25,26,27). The average molecular weight is 384 g/mol. The Morgan fingerprint density at radius 2 is 2.00 bits per heavy atom. The normalized spacial score (nSPS) is 16.4. The lowest BCUT2D eigenvalue weighted by Crippen LogP contribution is -2.36. The van der Waals surface area contributed by atoms with Crippen molar-refractivity contribution in [3.63, 3.8) is 0 Å². The second-order valence-corrected chi connectivity index (χ2v) is 7.42. The molecule has 1 saturated heterocycles. The molecule has 3 N–H and O–H groups in total. The summed E-state index contributed by atoms with van der Waals surface area (Å²) in [6.07, 6.45) is 4.01. The highest BCUT2D eigenvalue weighted by Crippen LogP contribution is 2.26. The van der Waals surface area contributed by atoms with Gasteiger partial charge in [-0.15, -0.1) is 0 Å². The third-order valence-electron chi connectivity index (χ3n) is 5.21. The molecule has 1 aliphatic heterocycles. The number of pyridine rings is 1. The number of halogens is 1. The van der Waals surface area contributed by atoms with E-state index in [0.29, 0.717) is 33.7 Å². The smallest absolute Gasteiger partial charge is 0.257 e. The predicted octanol–water partition coefficient (Wildman–Crippen LogP) is 3.44. The van der Waals surface area contributed by atoms with Crippen molar-refractivity contribution in [1.82, 2.24) is 20.3 Å². The molecule has 27 heavy (non-hydrogen) atoms. The van der Waals surface area contributed by atoms with Crippen molar-refractivity contribution in [2.75, 3.05) is 18.4 Å². The minimum absolute atomic E-state index is 0.216. The number of nitrogens with one attached hydrogen (secondary N) is 3. The number of aromatic amines is 1. The molecule has 1 fully saturated rings. The predicted molar refractivity (Wildman–Crippen MR) is 109 cm³/mol. The summed E-state index contributed by atoms with van der Waals surface area (Å²) < 4.78 is 0. The number of rotatable bonds is 4. The van der Waals surface area contributed by atoms with E-state index >= 15 is 0 Å². The van der Waals surface area contributed by atoms with Gasteiger partial charge in [-0.3, -0.25) is 4.79 Å². The van der Waals surface area contributed by atoms with Gasteiger partial charge in [0.05, 0.1) is 0 Å². The molecule has 3 aromatic rings. The number of benzene rings is 1. The van der Waals surface area contributed by atoms with Crippen molar-refractivity contribution in [3.8, 4) is 11.1 Å². The quantitative estimate of drug-likeness (QED) is 0.642. The highest BCUT2D eigenvalue weighted by Gasteiger charge is 2.20. The Balaban J connectivity index is 1.63. The van der Waals surface area contributed by atoms with E-state index in [2.05, 4.69) is 32.5 Å². The van der Waals surface area contributed by atoms with Crippen LogP contribution in [0.25, 0.3) is 22.2 Å². The molecule has 0 saturated carbocycles. The Kier molecular flexibility index (Phi) is 5.09. The van der Waals surface area contributed by atoms with E-state index in [1.54, 1.807) is 18.3 Å². The van der Waals surface area contributed by atoms with Crippen LogP contribution >= 0.6 is 11.6 Å². The number of anilines is 1. The molecular weight excluding hydrogens is 362 g/mol. The highest BCUT2D eigenvalue weighted by molar-refractivity contribution is 6.33. The maximum Gasteiger partial charge on any atom is 0.257 e. The van der Waals surface area contributed by atoms with Gasteiger partial charge in [-0.2, -0.15) is 4.98 Å².